The zero-order chi connectivity index (χ0) is 19.8. The molecule has 1 saturated heterocycles. The van der Waals surface area contributed by atoms with E-state index in [1.54, 1.807) is 6.08 Å². The van der Waals surface area contributed by atoms with E-state index >= 15 is 0 Å². The number of hydrogen-bond donors (Lipinski definition) is 1. The van der Waals surface area contributed by atoms with Crippen LogP contribution in [0.5, 0.6) is 0 Å². The lowest BCUT2D eigenvalue weighted by atomic mass is 9.38. The summed E-state index contributed by atoms with van der Waals surface area (Å²) in [7, 11) is 0. The predicted octanol–water partition coefficient (Wildman–Crippen LogP) is 3.39. The number of fused-ring (bicyclic) bond motifs is 5. The van der Waals surface area contributed by atoms with Crippen LogP contribution in [0.2, 0.25) is 0 Å². The standard InChI is InChI=1S/C22H32O5/c1-13(23)27-15-11-14-18(24)26-12-22(14,25)21(5)10-7-16-19(2,3)8-6-9-20(16,4)17(15)21/h11,15-17,25H,6-10,12H2,1-5H3/t15-,16?,17?,20-,21+,22?/m0/s1. The summed E-state index contributed by atoms with van der Waals surface area (Å²) >= 11 is 0. The molecule has 1 N–H and O–H groups in total. The fourth-order valence-electron chi connectivity index (χ4n) is 7.51. The SMILES string of the molecule is CC(=O)O[C@H]1C=C2C(=O)OCC2(O)[C@]2(C)CCC3C(C)(C)CCC[C@]3(C)C12. The first-order valence-electron chi connectivity index (χ1n) is 10.2. The average molecular weight is 376 g/mol. The van der Waals surface area contributed by atoms with Crippen LogP contribution in [0, 0.1) is 28.1 Å². The Labute approximate surface area is 161 Å². The number of ether oxygens (including phenoxy) is 2. The van der Waals surface area contributed by atoms with Crippen LogP contribution in [-0.2, 0) is 19.1 Å². The van der Waals surface area contributed by atoms with Crippen molar-refractivity contribution < 1.29 is 24.2 Å². The zero-order valence-corrected chi connectivity index (χ0v) is 17.1. The first-order chi connectivity index (χ1) is 12.5. The van der Waals surface area contributed by atoms with Crippen molar-refractivity contribution in [3.05, 3.63) is 11.6 Å². The lowest BCUT2D eigenvalue weighted by Crippen LogP contribution is -2.67. The van der Waals surface area contributed by atoms with Gasteiger partial charge in [-0.2, -0.15) is 0 Å². The predicted molar refractivity (Wildman–Crippen MR) is 99.6 cm³/mol. The molecule has 5 heteroatoms. The summed E-state index contributed by atoms with van der Waals surface area (Å²) in [4.78, 5) is 24.2. The summed E-state index contributed by atoms with van der Waals surface area (Å²) in [5.74, 6) is -0.385. The molecule has 5 nitrogen and oxygen atoms in total. The Balaban J connectivity index is 1.89. The van der Waals surface area contributed by atoms with Gasteiger partial charge < -0.3 is 14.6 Å². The Morgan fingerprint density at radius 1 is 1.22 bits per heavy atom. The van der Waals surface area contributed by atoms with E-state index in [9.17, 15) is 14.7 Å². The largest absolute Gasteiger partial charge is 0.459 e. The van der Waals surface area contributed by atoms with Crippen molar-refractivity contribution in [2.45, 2.75) is 78.4 Å². The highest BCUT2D eigenvalue weighted by Gasteiger charge is 2.71. The molecule has 0 aromatic rings. The van der Waals surface area contributed by atoms with Crippen LogP contribution in [0.1, 0.15) is 66.7 Å². The Morgan fingerprint density at radius 3 is 2.59 bits per heavy atom. The maximum Gasteiger partial charge on any atom is 0.337 e. The van der Waals surface area contributed by atoms with Crippen molar-refractivity contribution in [3.63, 3.8) is 0 Å². The molecule has 27 heavy (non-hydrogen) atoms. The smallest absolute Gasteiger partial charge is 0.337 e. The average Bonchev–Trinajstić information content (AvgIpc) is 2.83. The summed E-state index contributed by atoms with van der Waals surface area (Å²) < 4.78 is 11.1. The minimum absolute atomic E-state index is 0.00158. The monoisotopic (exact) mass is 376 g/mol. The Hall–Kier alpha value is -1.36. The molecule has 150 valence electrons. The van der Waals surface area contributed by atoms with E-state index in [1.807, 2.05) is 0 Å². The Kier molecular flexibility index (Phi) is 3.93. The number of carbonyl (C=O) groups excluding carboxylic acids is 2. The van der Waals surface area contributed by atoms with Crippen LogP contribution in [0.15, 0.2) is 11.6 Å². The van der Waals surface area contributed by atoms with Gasteiger partial charge in [-0.05, 0) is 48.5 Å². The molecule has 3 fully saturated rings. The molecule has 1 aliphatic heterocycles. The van der Waals surface area contributed by atoms with Crippen molar-refractivity contribution >= 4 is 11.9 Å². The molecule has 0 radical (unpaired) electrons. The molecule has 4 rings (SSSR count). The molecule has 1 heterocycles. The highest BCUT2D eigenvalue weighted by Crippen LogP contribution is 2.70. The number of cyclic esters (lactones) is 1. The van der Waals surface area contributed by atoms with Crippen molar-refractivity contribution in [1.29, 1.82) is 0 Å². The molecule has 0 bridgehead atoms. The minimum Gasteiger partial charge on any atom is -0.459 e. The maximum atomic E-state index is 12.3. The van der Waals surface area contributed by atoms with Gasteiger partial charge in [0.15, 0.2) is 0 Å². The first kappa shape index (κ1) is 19.0. The molecule has 0 amide bonds. The second-order valence-electron chi connectivity index (χ2n) is 10.4. The van der Waals surface area contributed by atoms with Crippen LogP contribution >= 0.6 is 0 Å². The van der Waals surface area contributed by atoms with Gasteiger partial charge in [0, 0.05) is 18.3 Å². The molecule has 3 aliphatic carbocycles. The van der Waals surface area contributed by atoms with E-state index in [0.717, 1.165) is 25.7 Å². The van der Waals surface area contributed by atoms with E-state index in [2.05, 4.69) is 27.7 Å². The third-order valence-corrected chi connectivity index (χ3v) is 8.61. The van der Waals surface area contributed by atoms with Gasteiger partial charge in [-0.25, -0.2) is 4.79 Å². The van der Waals surface area contributed by atoms with Crippen molar-refractivity contribution in [2.24, 2.45) is 28.1 Å². The summed E-state index contributed by atoms with van der Waals surface area (Å²) in [6.07, 6.45) is 6.36. The highest BCUT2D eigenvalue weighted by molar-refractivity contribution is 5.94. The van der Waals surface area contributed by atoms with Crippen LogP contribution in [0.25, 0.3) is 0 Å². The quantitative estimate of drug-likeness (QED) is 0.710. The number of esters is 2. The van der Waals surface area contributed by atoms with E-state index in [-0.39, 0.29) is 34.9 Å². The number of carbonyl (C=O) groups is 2. The molecule has 3 unspecified atom stereocenters. The fraction of sp³-hybridized carbons (Fsp3) is 0.818. The summed E-state index contributed by atoms with van der Waals surface area (Å²) in [6, 6.07) is 0. The fourth-order valence-corrected chi connectivity index (χ4v) is 7.51. The van der Waals surface area contributed by atoms with E-state index in [0.29, 0.717) is 5.92 Å². The molecule has 6 atom stereocenters. The third kappa shape index (κ3) is 2.33. The third-order valence-electron chi connectivity index (χ3n) is 8.61. The molecular weight excluding hydrogens is 344 g/mol. The van der Waals surface area contributed by atoms with Crippen LogP contribution < -0.4 is 0 Å². The number of aliphatic hydroxyl groups is 1. The molecule has 0 spiro atoms. The molecular formula is C22H32O5. The highest BCUT2D eigenvalue weighted by atomic mass is 16.6. The van der Waals surface area contributed by atoms with Gasteiger partial charge in [0.25, 0.3) is 0 Å². The van der Waals surface area contributed by atoms with E-state index in [4.69, 9.17) is 9.47 Å². The topological polar surface area (TPSA) is 72.8 Å². The van der Waals surface area contributed by atoms with Gasteiger partial charge in [0.05, 0.1) is 5.57 Å². The van der Waals surface area contributed by atoms with E-state index < -0.39 is 23.1 Å². The van der Waals surface area contributed by atoms with Crippen molar-refractivity contribution in [2.75, 3.05) is 6.61 Å². The zero-order valence-electron chi connectivity index (χ0n) is 17.1. The second-order valence-corrected chi connectivity index (χ2v) is 10.4. The molecule has 2 saturated carbocycles. The normalized spacial score (nSPS) is 47.9. The van der Waals surface area contributed by atoms with Crippen LogP contribution in [-0.4, -0.2) is 35.4 Å². The Bertz CT molecular complexity index is 724. The summed E-state index contributed by atoms with van der Waals surface area (Å²) in [5.41, 5.74) is -1.45. The summed E-state index contributed by atoms with van der Waals surface area (Å²) in [5, 5.41) is 11.7. The van der Waals surface area contributed by atoms with E-state index in [1.165, 1.54) is 13.3 Å². The Morgan fingerprint density at radius 2 is 1.93 bits per heavy atom. The first-order valence-corrected chi connectivity index (χ1v) is 10.2. The minimum atomic E-state index is -1.30. The molecule has 0 aromatic carbocycles. The van der Waals surface area contributed by atoms with Gasteiger partial charge in [0.1, 0.15) is 18.3 Å². The lowest BCUT2D eigenvalue weighted by molar-refractivity contribution is -0.224. The van der Waals surface area contributed by atoms with Crippen molar-refractivity contribution in [1.82, 2.24) is 0 Å². The molecule has 4 aliphatic rings. The second kappa shape index (κ2) is 5.59. The van der Waals surface area contributed by atoms with Crippen LogP contribution in [0.4, 0.5) is 0 Å². The van der Waals surface area contributed by atoms with Crippen LogP contribution in [0.3, 0.4) is 0 Å². The van der Waals surface area contributed by atoms with Gasteiger partial charge in [-0.15, -0.1) is 0 Å². The van der Waals surface area contributed by atoms with Gasteiger partial charge in [0.2, 0.25) is 0 Å². The lowest BCUT2D eigenvalue weighted by Gasteiger charge is -2.66. The number of rotatable bonds is 1. The van der Waals surface area contributed by atoms with Crippen molar-refractivity contribution in [3.8, 4) is 0 Å². The van der Waals surface area contributed by atoms with Gasteiger partial charge in [-0.3, -0.25) is 4.79 Å². The van der Waals surface area contributed by atoms with Gasteiger partial charge in [-0.1, -0.05) is 34.1 Å². The maximum absolute atomic E-state index is 12.3. The molecule has 0 aromatic heterocycles. The van der Waals surface area contributed by atoms with Gasteiger partial charge >= 0.3 is 11.9 Å². The number of hydrogen-bond acceptors (Lipinski definition) is 5. The summed E-state index contributed by atoms with van der Waals surface area (Å²) in [6.45, 7) is 10.5.